The first-order chi connectivity index (χ1) is 8.78. The molecule has 1 aliphatic heterocycles. The average molecular weight is 242 g/mol. The summed E-state index contributed by atoms with van der Waals surface area (Å²) in [5, 5.41) is 4.88. The van der Waals surface area contributed by atoms with E-state index in [1.807, 2.05) is 12.1 Å². The normalized spacial score (nSPS) is 12.5. The van der Waals surface area contributed by atoms with Gasteiger partial charge >= 0.3 is 5.97 Å². The predicted molar refractivity (Wildman–Crippen MR) is 66.5 cm³/mol. The summed E-state index contributed by atoms with van der Waals surface area (Å²) in [6.45, 7) is 0. The van der Waals surface area contributed by atoms with Crippen molar-refractivity contribution in [2.45, 2.75) is 0 Å². The van der Waals surface area contributed by atoms with Gasteiger partial charge < -0.3 is 14.8 Å². The summed E-state index contributed by atoms with van der Waals surface area (Å²) in [6, 6.07) is 5.47. The summed E-state index contributed by atoms with van der Waals surface area (Å²) in [6.07, 6.45) is 4.91. The molecular formula is C13H10N2O3. The molecule has 1 aliphatic rings. The van der Waals surface area contributed by atoms with E-state index in [1.54, 1.807) is 24.7 Å². The van der Waals surface area contributed by atoms with E-state index in [4.69, 9.17) is 4.74 Å². The quantitative estimate of drug-likeness (QED) is 0.777. The fourth-order valence-corrected chi connectivity index (χ4v) is 1.83. The van der Waals surface area contributed by atoms with E-state index in [0.29, 0.717) is 0 Å². The van der Waals surface area contributed by atoms with Gasteiger partial charge in [0.2, 0.25) is 0 Å². The van der Waals surface area contributed by atoms with Crippen LogP contribution in [0.1, 0.15) is 10.5 Å². The molecule has 0 atom stereocenters. The van der Waals surface area contributed by atoms with E-state index in [2.05, 4.69) is 15.0 Å². The summed E-state index contributed by atoms with van der Waals surface area (Å²) >= 11 is 0. The molecular weight excluding hydrogens is 232 g/mol. The molecule has 3 rings (SSSR count). The molecule has 90 valence electrons. The minimum absolute atomic E-state index is 0.289. The van der Waals surface area contributed by atoms with Gasteiger partial charge in [0.15, 0.2) is 5.75 Å². The molecule has 0 saturated heterocycles. The molecule has 1 aromatic carbocycles. The SMILES string of the molecule is COC(=O)c1cc2cc3c(cc2cn1)OC=CN3. The number of hydrogen-bond donors (Lipinski definition) is 1. The summed E-state index contributed by atoms with van der Waals surface area (Å²) in [4.78, 5) is 15.5. The van der Waals surface area contributed by atoms with Gasteiger partial charge in [-0.3, -0.25) is 0 Å². The first-order valence-electron chi connectivity index (χ1n) is 5.38. The number of nitrogens with one attached hydrogen (secondary N) is 1. The van der Waals surface area contributed by atoms with Gasteiger partial charge in [0, 0.05) is 17.8 Å². The van der Waals surface area contributed by atoms with Gasteiger partial charge in [-0.25, -0.2) is 9.78 Å². The second-order valence-corrected chi connectivity index (χ2v) is 3.82. The fraction of sp³-hybridized carbons (Fsp3) is 0.0769. The Morgan fingerprint density at radius 3 is 3.06 bits per heavy atom. The summed E-state index contributed by atoms with van der Waals surface area (Å²) in [5.74, 6) is 0.288. The third-order valence-electron chi connectivity index (χ3n) is 2.72. The number of ether oxygens (including phenoxy) is 2. The second kappa shape index (κ2) is 4.03. The highest BCUT2D eigenvalue weighted by Crippen LogP contribution is 2.32. The molecule has 0 fully saturated rings. The lowest BCUT2D eigenvalue weighted by molar-refractivity contribution is 0.0594. The monoisotopic (exact) mass is 242 g/mol. The van der Waals surface area contributed by atoms with Crippen LogP contribution in [-0.2, 0) is 4.74 Å². The number of hydrogen-bond acceptors (Lipinski definition) is 5. The van der Waals surface area contributed by atoms with Crippen LogP contribution in [0.4, 0.5) is 5.69 Å². The van der Waals surface area contributed by atoms with Crippen molar-refractivity contribution in [3.8, 4) is 5.75 Å². The Morgan fingerprint density at radius 1 is 1.33 bits per heavy atom. The van der Waals surface area contributed by atoms with Crippen molar-refractivity contribution in [3.63, 3.8) is 0 Å². The van der Waals surface area contributed by atoms with Crippen molar-refractivity contribution in [1.82, 2.24) is 4.98 Å². The molecule has 2 heterocycles. The molecule has 0 saturated carbocycles. The Kier molecular flexibility index (Phi) is 2.37. The Bertz CT molecular complexity index is 665. The summed E-state index contributed by atoms with van der Waals surface area (Å²) in [7, 11) is 1.33. The van der Waals surface area contributed by atoms with E-state index >= 15 is 0 Å². The second-order valence-electron chi connectivity index (χ2n) is 3.82. The van der Waals surface area contributed by atoms with Crippen LogP contribution in [0.3, 0.4) is 0 Å². The zero-order valence-electron chi connectivity index (χ0n) is 9.64. The average Bonchev–Trinajstić information content (AvgIpc) is 2.43. The molecule has 5 nitrogen and oxygen atoms in total. The maximum absolute atomic E-state index is 11.4. The number of nitrogens with zero attached hydrogens (tertiary/aromatic N) is 1. The molecule has 2 aromatic rings. The van der Waals surface area contributed by atoms with Crippen LogP contribution in [-0.4, -0.2) is 18.1 Å². The molecule has 18 heavy (non-hydrogen) atoms. The number of aromatic nitrogens is 1. The highest BCUT2D eigenvalue weighted by atomic mass is 16.5. The van der Waals surface area contributed by atoms with Gasteiger partial charge in [-0.2, -0.15) is 0 Å². The number of benzene rings is 1. The van der Waals surface area contributed by atoms with Crippen molar-refractivity contribution in [3.05, 3.63) is 42.6 Å². The maximum Gasteiger partial charge on any atom is 0.356 e. The lowest BCUT2D eigenvalue weighted by atomic mass is 10.1. The number of carbonyl (C=O) groups is 1. The van der Waals surface area contributed by atoms with Crippen LogP contribution in [0, 0.1) is 0 Å². The van der Waals surface area contributed by atoms with Gasteiger partial charge in [0.1, 0.15) is 12.0 Å². The van der Waals surface area contributed by atoms with Crippen LogP contribution in [0.2, 0.25) is 0 Å². The van der Waals surface area contributed by atoms with Crippen molar-refractivity contribution in [2.24, 2.45) is 0 Å². The van der Waals surface area contributed by atoms with E-state index < -0.39 is 5.97 Å². The van der Waals surface area contributed by atoms with Crippen LogP contribution < -0.4 is 10.1 Å². The van der Waals surface area contributed by atoms with Crippen molar-refractivity contribution < 1.29 is 14.3 Å². The third kappa shape index (κ3) is 1.66. The number of pyridine rings is 1. The third-order valence-corrected chi connectivity index (χ3v) is 2.72. The molecule has 0 amide bonds. The highest BCUT2D eigenvalue weighted by Gasteiger charge is 2.11. The Labute approximate surface area is 103 Å². The lowest BCUT2D eigenvalue weighted by Crippen LogP contribution is -2.04. The minimum atomic E-state index is -0.446. The minimum Gasteiger partial charge on any atom is -0.464 e. The molecule has 1 N–H and O–H groups in total. The number of carbonyl (C=O) groups excluding carboxylic acids is 1. The number of rotatable bonds is 1. The van der Waals surface area contributed by atoms with E-state index in [1.165, 1.54) is 7.11 Å². The van der Waals surface area contributed by atoms with Gasteiger partial charge in [-0.15, -0.1) is 0 Å². The van der Waals surface area contributed by atoms with Gasteiger partial charge in [0.05, 0.1) is 12.8 Å². The molecule has 5 heteroatoms. The van der Waals surface area contributed by atoms with Crippen LogP contribution in [0.25, 0.3) is 10.8 Å². The lowest BCUT2D eigenvalue weighted by Gasteiger charge is -2.14. The molecule has 0 unspecified atom stereocenters. The molecule has 0 bridgehead atoms. The smallest absolute Gasteiger partial charge is 0.356 e. The predicted octanol–water partition coefficient (Wildman–Crippen LogP) is 2.30. The van der Waals surface area contributed by atoms with Crippen molar-refractivity contribution in [1.29, 1.82) is 0 Å². The van der Waals surface area contributed by atoms with Crippen molar-refractivity contribution in [2.75, 3.05) is 12.4 Å². The van der Waals surface area contributed by atoms with Crippen molar-refractivity contribution >= 4 is 22.4 Å². The highest BCUT2D eigenvalue weighted by molar-refractivity contribution is 5.95. The van der Waals surface area contributed by atoms with Crippen LogP contribution in [0.5, 0.6) is 5.75 Å². The zero-order valence-corrected chi connectivity index (χ0v) is 9.64. The molecule has 0 aliphatic carbocycles. The Balaban J connectivity index is 2.14. The van der Waals surface area contributed by atoms with Gasteiger partial charge in [0.25, 0.3) is 0 Å². The number of methoxy groups -OCH3 is 1. The standard InChI is InChI=1S/C13H10N2O3/c1-17-13(16)11-5-8-4-10-12(18-3-2-14-10)6-9(8)7-15-11/h2-7,14H,1H3. The molecule has 0 spiro atoms. The number of esters is 1. The van der Waals surface area contributed by atoms with Gasteiger partial charge in [-0.1, -0.05) is 0 Å². The van der Waals surface area contributed by atoms with E-state index in [9.17, 15) is 4.79 Å². The zero-order chi connectivity index (χ0) is 12.5. The molecule has 0 radical (unpaired) electrons. The largest absolute Gasteiger partial charge is 0.464 e. The van der Waals surface area contributed by atoms with E-state index in [-0.39, 0.29) is 5.69 Å². The van der Waals surface area contributed by atoms with Crippen LogP contribution >= 0.6 is 0 Å². The first kappa shape index (κ1) is 10.6. The summed E-state index contributed by atoms with van der Waals surface area (Å²) in [5.41, 5.74) is 1.14. The fourth-order valence-electron chi connectivity index (χ4n) is 1.83. The Morgan fingerprint density at radius 2 is 2.22 bits per heavy atom. The summed E-state index contributed by atoms with van der Waals surface area (Å²) < 4.78 is 10.0. The maximum atomic E-state index is 11.4. The topological polar surface area (TPSA) is 60.5 Å². The van der Waals surface area contributed by atoms with E-state index in [0.717, 1.165) is 22.2 Å². The first-order valence-corrected chi connectivity index (χ1v) is 5.38. The van der Waals surface area contributed by atoms with Crippen LogP contribution in [0.15, 0.2) is 36.9 Å². The molecule has 1 aromatic heterocycles. The number of fused-ring (bicyclic) bond motifs is 2. The Hall–Kier alpha value is -2.56. The van der Waals surface area contributed by atoms with Gasteiger partial charge in [-0.05, 0) is 23.6 Å². The number of anilines is 1.